The highest BCUT2D eigenvalue weighted by atomic mass is 32.2. The van der Waals surface area contributed by atoms with Gasteiger partial charge in [0, 0.05) is 10.6 Å². The van der Waals surface area contributed by atoms with Crippen molar-refractivity contribution in [1.29, 1.82) is 0 Å². The number of benzene rings is 1. The maximum absolute atomic E-state index is 13.5. The number of amides is 1. The lowest BCUT2D eigenvalue weighted by Crippen LogP contribution is -2.35. The molecule has 2 N–H and O–H groups in total. The van der Waals surface area contributed by atoms with Crippen molar-refractivity contribution in [1.82, 2.24) is 0 Å². The Morgan fingerprint density at radius 2 is 1.34 bits per heavy atom. The highest BCUT2D eigenvalue weighted by Crippen LogP contribution is 2.64. The Hall–Kier alpha value is -2.36. The fourth-order valence-electron chi connectivity index (χ4n) is 4.67. The number of hydrogen-bond donors (Lipinski definition) is 1. The van der Waals surface area contributed by atoms with E-state index >= 15 is 0 Å². The van der Waals surface area contributed by atoms with E-state index in [-0.39, 0.29) is 35.6 Å². The van der Waals surface area contributed by atoms with Gasteiger partial charge in [-0.1, -0.05) is 0 Å². The number of thioether (sulfide) groups is 1. The zero-order chi connectivity index (χ0) is 29.2. The summed E-state index contributed by atoms with van der Waals surface area (Å²) in [6, 6.07) is 3.81. The minimum Gasteiger partial charge on any atom is -0.460 e. The van der Waals surface area contributed by atoms with Crippen LogP contribution in [-0.2, 0) is 23.8 Å². The number of hydrogen-bond acceptors (Lipinski definition) is 7. The summed E-state index contributed by atoms with van der Waals surface area (Å²) >= 11 is 1.39. The molecule has 2 saturated carbocycles. The van der Waals surface area contributed by atoms with Crippen molar-refractivity contribution in [2.75, 3.05) is 5.75 Å². The average molecular weight is 558 g/mol. The Labute approximate surface area is 228 Å². The average Bonchev–Trinajstić information content (AvgIpc) is 3.25. The predicted molar refractivity (Wildman–Crippen MR) is 141 cm³/mol. The highest BCUT2D eigenvalue weighted by Gasteiger charge is 2.67. The van der Waals surface area contributed by atoms with Crippen LogP contribution in [0, 0.1) is 41.2 Å². The molecule has 2 aliphatic rings. The molecule has 0 radical (unpaired) electrons. The van der Waals surface area contributed by atoms with E-state index < -0.39 is 40.4 Å². The second kappa shape index (κ2) is 11.8. The molecule has 2 fully saturated rings. The minimum absolute atomic E-state index is 0.00616. The summed E-state index contributed by atoms with van der Waals surface area (Å²) in [4.78, 5) is 36.2. The van der Waals surface area contributed by atoms with Crippen molar-refractivity contribution in [3.05, 3.63) is 29.8 Å². The first kappa shape index (κ1) is 31.9. The standard InChI is InChI=1S/C23H30F2O4S.C5H11NO2/c1-22(2,3)28-20(26)17-12(11-30-13-7-8-15(24)16(25)10-13)9-14-18(17)19(14)21(27)29-23(4,5)6;1-5(2,3)8-4(6)7/h7-8,10,12,14,17-19H,9,11H2,1-6H3;1-3H3,(H2,6,7). The number of halogens is 2. The lowest BCUT2D eigenvalue weighted by atomic mass is 9.89. The summed E-state index contributed by atoms with van der Waals surface area (Å²) in [6.07, 6.45) is -0.00711. The Bertz CT molecular complexity index is 1030. The van der Waals surface area contributed by atoms with E-state index in [1.165, 1.54) is 23.9 Å². The number of carbonyl (C=O) groups excluding carboxylic acids is 3. The first-order valence-corrected chi connectivity index (χ1v) is 13.7. The summed E-state index contributed by atoms with van der Waals surface area (Å²) in [5, 5.41) is 0. The summed E-state index contributed by atoms with van der Waals surface area (Å²) in [6.45, 7) is 16.2. The Morgan fingerprint density at radius 1 is 0.842 bits per heavy atom. The summed E-state index contributed by atoms with van der Waals surface area (Å²) < 4.78 is 42.4. The summed E-state index contributed by atoms with van der Waals surface area (Å²) in [5.74, 6) is -2.38. The molecule has 0 heterocycles. The number of nitrogens with two attached hydrogens (primary N) is 1. The minimum atomic E-state index is -0.886. The fraction of sp³-hybridized carbons (Fsp3) is 0.679. The number of rotatable bonds is 5. The van der Waals surface area contributed by atoms with Crippen LogP contribution in [0.2, 0.25) is 0 Å². The van der Waals surface area contributed by atoms with Gasteiger partial charge in [0.15, 0.2) is 11.6 Å². The monoisotopic (exact) mass is 557 g/mol. The van der Waals surface area contributed by atoms with Gasteiger partial charge >= 0.3 is 18.0 Å². The van der Waals surface area contributed by atoms with Gasteiger partial charge in [0.2, 0.25) is 0 Å². The Balaban J connectivity index is 0.000000550. The third kappa shape index (κ3) is 9.75. The zero-order valence-electron chi connectivity index (χ0n) is 23.7. The summed E-state index contributed by atoms with van der Waals surface area (Å²) in [5.41, 5.74) is 3.07. The molecule has 214 valence electrons. The molecule has 0 aliphatic heterocycles. The van der Waals surface area contributed by atoms with Crippen LogP contribution in [0.5, 0.6) is 0 Å². The second-order valence-electron chi connectivity index (χ2n) is 12.8. The van der Waals surface area contributed by atoms with Crippen molar-refractivity contribution >= 4 is 29.8 Å². The van der Waals surface area contributed by atoms with Crippen molar-refractivity contribution in [2.45, 2.75) is 90.4 Å². The molecule has 3 rings (SSSR count). The van der Waals surface area contributed by atoms with E-state index in [9.17, 15) is 23.2 Å². The van der Waals surface area contributed by atoms with Crippen LogP contribution in [0.1, 0.15) is 68.7 Å². The molecule has 1 aromatic rings. The zero-order valence-corrected chi connectivity index (χ0v) is 24.5. The third-order valence-electron chi connectivity index (χ3n) is 5.85. The normalized spacial score (nSPS) is 24.4. The van der Waals surface area contributed by atoms with E-state index in [1.54, 1.807) is 20.8 Å². The highest BCUT2D eigenvalue weighted by molar-refractivity contribution is 7.99. The van der Waals surface area contributed by atoms with Gasteiger partial charge in [0.25, 0.3) is 0 Å². The first-order chi connectivity index (χ1) is 17.2. The molecule has 0 saturated heterocycles. The topological polar surface area (TPSA) is 105 Å². The van der Waals surface area contributed by atoms with E-state index in [0.717, 1.165) is 12.5 Å². The molecule has 1 aromatic carbocycles. The quantitative estimate of drug-likeness (QED) is 0.264. The van der Waals surface area contributed by atoms with E-state index in [0.29, 0.717) is 10.6 Å². The Kier molecular flexibility index (Phi) is 9.89. The van der Waals surface area contributed by atoms with E-state index in [4.69, 9.17) is 15.2 Å². The smallest absolute Gasteiger partial charge is 0.405 e. The van der Waals surface area contributed by atoms with E-state index in [1.807, 2.05) is 41.5 Å². The summed E-state index contributed by atoms with van der Waals surface area (Å²) in [7, 11) is 0. The largest absolute Gasteiger partial charge is 0.460 e. The van der Waals surface area contributed by atoms with Crippen LogP contribution >= 0.6 is 11.8 Å². The van der Waals surface area contributed by atoms with Gasteiger partial charge in [-0.25, -0.2) is 13.6 Å². The molecule has 2 aliphatic carbocycles. The molecule has 1 amide bonds. The molecule has 5 unspecified atom stereocenters. The number of carbonyl (C=O) groups is 3. The number of ether oxygens (including phenoxy) is 3. The molecule has 38 heavy (non-hydrogen) atoms. The molecular formula is C28H41F2NO6S. The lowest BCUT2D eigenvalue weighted by molar-refractivity contribution is -0.163. The number of primary amides is 1. The molecular weight excluding hydrogens is 516 g/mol. The SMILES string of the molecule is CC(C)(C)OC(=O)C1C(CSc2ccc(F)c(F)c2)CC2C(C(=O)OC(C)(C)C)C21.CC(C)(C)OC(N)=O. The fourth-order valence-corrected chi connectivity index (χ4v) is 5.77. The molecule has 0 bridgehead atoms. The third-order valence-corrected chi connectivity index (χ3v) is 7.03. The maximum Gasteiger partial charge on any atom is 0.405 e. The van der Waals surface area contributed by atoms with Crippen molar-refractivity contribution in [2.24, 2.45) is 35.3 Å². The van der Waals surface area contributed by atoms with Crippen LogP contribution < -0.4 is 5.73 Å². The molecule has 5 atom stereocenters. The van der Waals surface area contributed by atoms with Crippen molar-refractivity contribution in [3.63, 3.8) is 0 Å². The second-order valence-corrected chi connectivity index (χ2v) is 13.9. The molecule has 0 spiro atoms. The van der Waals surface area contributed by atoms with Gasteiger partial charge in [-0.15, -0.1) is 11.8 Å². The van der Waals surface area contributed by atoms with Crippen LogP contribution in [0.25, 0.3) is 0 Å². The van der Waals surface area contributed by atoms with Crippen LogP contribution in [0.3, 0.4) is 0 Å². The van der Waals surface area contributed by atoms with Crippen LogP contribution in [0.15, 0.2) is 23.1 Å². The van der Waals surface area contributed by atoms with Crippen LogP contribution in [-0.4, -0.2) is 40.6 Å². The maximum atomic E-state index is 13.5. The molecule has 7 nitrogen and oxygen atoms in total. The van der Waals surface area contributed by atoms with Gasteiger partial charge in [0.05, 0.1) is 11.8 Å². The van der Waals surface area contributed by atoms with Gasteiger partial charge in [-0.2, -0.15) is 0 Å². The first-order valence-electron chi connectivity index (χ1n) is 12.7. The van der Waals surface area contributed by atoms with Crippen molar-refractivity contribution < 1.29 is 37.4 Å². The van der Waals surface area contributed by atoms with Gasteiger partial charge in [-0.05, 0) is 105 Å². The predicted octanol–water partition coefficient (Wildman–Crippen LogP) is 6.12. The van der Waals surface area contributed by atoms with Crippen molar-refractivity contribution in [3.8, 4) is 0 Å². The number of esters is 2. The van der Waals surface area contributed by atoms with Gasteiger partial charge < -0.3 is 19.9 Å². The number of fused-ring (bicyclic) bond motifs is 1. The van der Waals surface area contributed by atoms with Gasteiger partial charge in [0.1, 0.15) is 16.8 Å². The van der Waals surface area contributed by atoms with Crippen LogP contribution in [0.4, 0.5) is 13.6 Å². The lowest BCUT2D eigenvalue weighted by Gasteiger charge is -2.28. The Morgan fingerprint density at radius 3 is 1.76 bits per heavy atom. The van der Waals surface area contributed by atoms with Gasteiger partial charge in [-0.3, -0.25) is 9.59 Å². The molecule has 0 aromatic heterocycles. The van der Waals surface area contributed by atoms with E-state index in [2.05, 4.69) is 4.74 Å². The molecule has 10 heteroatoms.